The van der Waals surface area contributed by atoms with E-state index in [2.05, 4.69) is 29.2 Å². The second-order valence-corrected chi connectivity index (χ2v) is 3.65. The molecule has 0 aliphatic heterocycles. The zero-order chi connectivity index (χ0) is 12.0. The van der Waals surface area contributed by atoms with E-state index in [1.165, 1.54) is 5.56 Å². The van der Waals surface area contributed by atoms with Gasteiger partial charge in [-0.05, 0) is 13.3 Å². The Morgan fingerprint density at radius 3 is 2.94 bits per heavy atom. The van der Waals surface area contributed by atoms with Gasteiger partial charge >= 0.3 is 0 Å². The van der Waals surface area contributed by atoms with Crippen LogP contribution in [0.15, 0.2) is 6.20 Å². The minimum absolute atomic E-state index is 0.143. The maximum Gasteiger partial charge on any atom is 0.0670 e. The summed E-state index contributed by atoms with van der Waals surface area (Å²) in [6.07, 6.45) is 2.95. The molecule has 0 saturated carbocycles. The van der Waals surface area contributed by atoms with E-state index >= 15 is 0 Å². The first-order chi connectivity index (χ1) is 7.72. The van der Waals surface area contributed by atoms with Gasteiger partial charge in [-0.1, -0.05) is 12.8 Å². The highest BCUT2D eigenvalue weighted by Crippen LogP contribution is 2.16. The van der Waals surface area contributed by atoms with Gasteiger partial charge in [0.25, 0.3) is 0 Å². The first-order valence-corrected chi connectivity index (χ1v) is 5.58. The van der Waals surface area contributed by atoms with E-state index in [9.17, 15) is 0 Å². The summed E-state index contributed by atoms with van der Waals surface area (Å²) in [6, 6.07) is 0.143. The number of nitrogens with zero attached hydrogens (tertiary/aromatic N) is 2. The van der Waals surface area contributed by atoms with E-state index in [1.54, 1.807) is 0 Å². The van der Waals surface area contributed by atoms with Gasteiger partial charge < -0.3 is 5.73 Å². The molecule has 0 aliphatic rings. The fraction of sp³-hybridized carbons (Fsp3) is 0.583. The summed E-state index contributed by atoms with van der Waals surface area (Å²) in [6.45, 7) is 5.16. The van der Waals surface area contributed by atoms with Crippen LogP contribution in [0.25, 0.3) is 0 Å². The molecule has 16 heavy (non-hydrogen) atoms. The fourth-order valence-corrected chi connectivity index (χ4v) is 1.70. The van der Waals surface area contributed by atoms with Crippen molar-refractivity contribution in [1.82, 2.24) is 15.1 Å². The highest BCUT2D eigenvalue weighted by atomic mass is 15.3. The van der Waals surface area contributed by atoms with Crippen LogP contribution in [-0.2, 0) is 13.5 Å². The average Bonchev–Trinajstić information content (AvgIpc) is 2.66. The monoisotopic (exact) mass is 220 g/mol. The Labute approximate surface area is 97.2 Å². The minimum Gasteiger partial charge on any atom is -0.329 e. The van der Waals surface area contributed by atoms with Crippen LogP contribution in [-0.4, -0.2) is 22.9 Å². The number of aryl methyl sites for hydroxylation is 2. The van der Waals surface area contributed by atoms with Crippen molar-refractivity contribution >= 4 is 0 Å². The maximum atomic E-state index is 5.77. The van der Waals surface area contributed by atoms with Gasteiger partial charge in [0.05, 0.1) is 12.2 Å². The highest BCUT2D eigenvalue weighted by Gasteiger charge is 2.15. The molecule has 0 fully saturated rings. The van der Waals surface area contributed by atoms with Crippen molar-refractivity contribution in [3.05, 3.63) is 17.5 Å². The molecule has 1 aromatic rings. The summed E-state index contributed by atoms with van der Waals surface area (Å²) < 4.78 is 1.84. The van der Waals surface area contributed by atoms with Crippen LogP contribution >= 0.6 is 0 Å². The molecule has 0 radical (unpaired) electrons. The second-order valence-electron chi connectivity index (χ2n) is 3.65. The van der Waals surface area contributed by atoms with Gasteiger partial charge in [0.1, 0.15) is 0 Å². The fourth-order valence-electron chi connectivity index (χ4n) is 1.70. The van der Waals surface area contributed by atoms with Crippen LogP contribution in [0, 0.1) is 11.8 Å². The number of rotatable bonds is 5. The predicted molar refractivity (Wildman–Crippen MR) is 65.8 cm³/mol. The van der Waals surface area contributed by atoms with Crippen molar-refractivity contribution < 1.29 is 0 Å². The summed E-state index contributed by atoms with van der Waals surface area (Å²) in [5, 5.41) is 7.73. The molecule has 1 aromatic heterocycles. The lowest BCUT2D eigenvalue weighted by molar-refractivity contribution is 0.577. The number of nitrogens with two attached hydrogens (primary N) is 1. The van der Waals surface area contributed by atoms with Gasteiger partial charge in [0.15, 0.2) is 0 Å². The van der Waals surface area contributed by atoms with Gasteiger partial charge in [-0.2, -0.15) is 5.10 Å². The van der Waals surface area contributed by atoms with Gasteiger partial charge in [-0.15, -0.1) is 5.92 Å². The Bertz CT molecular complexity index is 383. The molecule has 88 valence electrons. The SMILES string of the molecule is CC#CCNC(CN)c1cn(C)nc1CC. The quantitative estimate of drug-likeness (QED) is 0.714. The van der Waals surface area contributed by atoms with Gasteiger partial charge in [-0.25, -0.2) is 0 Å². The largest absolute Gasteiger partial charge is 0.329 e. The third-order valence-electron chi connectivity index (χ3n) is 2.50. The van der Waals surface area contributed by atoms with E-state index in [1.807, 2.05) is 24.9 Å². The molecule has 1 unspecified atom stereocenters. The molecule has 0 aromatic carbocycles. The predicted octanol–water partition coefficient (Wildman–Crippen LogP) is 0.595. The summed E-state index contributed by atoms with van der Waals surface area (Å²) in [5.74, 6) is 5.84. The number of hydrogen-bond acceptors (Lipinski definition) is 3. The molecule has 1 heterocycles. The van der Waals surface area contributed by atoms with E-state index in [4.69, 9.17) is 5.73 Å². The van der Waals surface area contributed by atoms with Gasteiger partial charge in [0, 0.05) is 31.4 Å². The molecular formula is C12H20N4. The van der Waals surface area contributed by atoms with Gasteiger partial charge in [-0.3, -0.25) is 10.00 Å². The average molecular weight is 220 g/mol. The molecule has 0 spiro atoms. The van der Waals surface area contributed by atoms with Crippen molar-refractivity contribution in [3.8, 4) is 11.8 Å². The van der Waals surface area contributed by atoms with Crippen LogP contribution in [0.2, 0.25) is 0 Å². The van der Waals surface area contributed by atoms with Crippen LogP contribution in [0.5, 0.6) is 0 Å². The summed E-state index contributed by atoms with van der Waals surface area (Å²) in [4.78, 5) is 0. The van der Waals surface area contributed by atoms with Gasteiger partial charge in [0.2, 0.25) is 0 Å². The Morgan fingerprint density at radius 1 is 1.62 bits per heavy atom. The molecule has 0 bridgehead atoms. The summed E-state index contributed by atoms with van der Waals surface area (Å²) in [7, 11) is 1.93. The first kappa shape index (κ1) is 12.8. The van der Waals surface area contributed by atoms with Crippen LogP contribution < -0.4 is 11.1 Å². The van der Waals surface area contributed by atoms with E-state index in [-0.39, 0.29) is 6.04 Å². The molecule has 3 N–H and O–H groups in total. The topological polar surface area (TPSA) is 55.9 Å². The first-order valence-electron chi connectivity index (χ1n) is 5.58. The normalized spacial score (nSPS) is 12.0. The highest BCUT2D eigenvalue weighted by molar-refractivity contribution is 5.22. The Hall–Kier alpha value is -1.31. The lowest BCUT2D eigenvalue weighted by Gasteiger charge is -2.14. The summed E-state index contributed by atoms with van der Waals surface area (Å²) >= 11 is 0. The molecule has 1 rings (SSSR count). The van der Waals surface area contributed by atoms with E-state index in [0.29, 0.717) is 13.1 Å². The van der Waals surface area contributed by atoms with Crippen molar-refractivity contribution in [1.29, 1.82) is 0 Å². The van der Waals surface area contributed by atoms with Crippen molar-refractivity contribution in [2.24, 2.45) is 12.8 Å². The Kier molecular flexibility index (Phi) is 5.03. The molecule has 4 nitrogen and oxygen atoms in total. The zero-order valence-corrected chi connectivity index (χ0v) is 10.2. The molecule has 0 amide bonds. The summed E-state index contributed by atoms with van der Waals surface area (Å²) in [5.41, 5.74) is 8.06. The van der Waals surface area contributed by atoms with Crippen LogP contribution in [0.3, 0.4) is 0 Å². The number of hydrogen-bond donors (Lipinski definition) is 2. The third-order valence-corrected chi connectivity index (χ3v) is 2.50. The molecule has 0 saturated heterocycles. The molecule has 1 atom stereocenters. The Balaban J connectivity index is 2.79. The maximum absolute atomic E-state index is 5.77. The molecular weight excluding hydrogens is 200 g/mol. The lowest BCUT2D eigenvalue weighted by atomic mass is 10.1. The van der Waals surface area contributed by atoms with E-state index < -0.39 is 0 Å². The van der Waals surface area contributed by atoms with Crippen molar-refractivity contribution in [2.75, 3.05) is 13.1 Å². The van der Waals surface area contributed by atoms with Crippen molar-refractivity contribution in [3.63, 3.8) is 0 Å². The smallest absolute Gasteiger partial charge is 0.0670 e. The van der Waals surface area contributed by atoms with Crippen molar-refractivity contribution in [2.45, 2.75) is 26.3 Å². The number of nitrogens with one attached hydrogen (secondary N) is 1. The minimum atomic E-state index is 0.143. The standard InChI is InChI=1S/C12H20N4/c1-4-6-7-14-12(8-13)10-9-16(3)15-11(10)5-2/h9,12,14H,5,7-8,13H2,1-3H3. The van der Waals surface area contributed by atoms with E-state index in [0.717, 1.165) is 12.1 Å². The third kappa shape index (κ3) is 3.09. The molecule has 0 aliphatic carbocycles. The Morgan fingerprint density at radius 2 is 2.38 bits per heavy atom. The number of aromatic nitrogens is 2. The van der Waals surface area contributed by atoms with Crippen LogP contribution in [0.1, 0.15) is 31.1 Å². The second kappa shape index (κ2) is 6.31. The lowest BCUT2D eigenvalue weighted by Crippen LogP contribution is -2.29. The van der Waals surface area contributed by atoms with Crippen LogP contribution in [0.4, 0.5) is 0 Å². The molecule has 4 heteroatoms. The zero-order valence-electron chi connectivity index (χ0n) is 10.2.